The van der Waals surface area contributed by atoms with Crippen LogP contribution in [0, 0.1) is 6.33 Å². The highest BCUT2D eigenvalue weighted by Gasteiger charge is 2.20. The van der Waals surface area contributed by atoms with Gasteiger partial charge >= 0.3 is 0 Å². The lowest BCUT2D eigenvalue weighted by molar-refractivity contribution is -0.576. The summed E-state index contributed by atoms with van der Waals surface area (Å²) in [5.41, 5.74) is 5.73. The van der Waals surface area contributed by atoms with Gasteiger partial charge in [0.15, 0.2) is 6.33 Å². The summed E-state index contributed by atoms with van der Waals surface area (Å²) < 4.78 is 6.01. The van der Waals surface area contributed by atoms with Crippen LogP contribution >= 0.6 is 0 Å². The van der Waals surface area contributed by atoms with E-state index >= 15 is 0 Å². The van der Waals surface area contributed by atoms with Crippen molar-refractivity contribution in [3.05, 3.63) is 122 Å². The molecular weight excluding hydrogens is 470 g/mol. The predicted octanol–water partition coefficient (Wildman–Crippen LogP) is 6.39. The van der Waals surface area contributed by atoms with Gasteiger partial charge in [0.2, 0.25) is 11.6 Å². The fraction of sp³-hybridized carbons (Fsp3) is 0. The van der Waals surface area contributed by atoms with Crippen molar-refractivity contribution in [2.24, 2.45) is 0 Å². The normalized spacial score (nSPS) is 11.8. The van der Waals surface area contributed by atoms with Crippen molar-refractivity contribution in [2.45, 2.75) is 0 Å². The van der Waals surface area contributed by atoms with Crippen LogP contribution < -0.4 is 4.57 Å². The Morgan fingerprint density at radius 3 is 2.34 bits per heavy atom. The smallest absolute Gasteiger partial charge is 0.206 e. The molecule has 0 aliphatic carbocycles. The van der Waals surface area contributed by atoms with Crippen molar-refractivity contribution < 1.29 is 9.67 Å². The van der Waals surface area contributed by atoms with E-state index in [-0.39, 0.29) is 5.75 Å². The van der Waals surface area contributed by atoms with Crippen molar-refractivity contribution in [3.8, 4) is 23.1 Å². The van der Waals surface area contributed by atoms with E-state index in [1.165, 1.54) is 16.2 Å². The van der Waals surface area contributed by atoms with Gasteiger partial charge < -0.3 is 14.7 Å². The van der Waals surface area contributed by atoms with Gasteiger partial charge in [-0.25, -0.2) is 0 Å². The summed E-state index contributed by atoms with van der Waals surface area (Å²) >= 11 is 0. The van der Waals surface area contributed by atoms with Crippen LogP contribution in [-0.4, -0.2) is 24.2 Å². The number of nitrogens with one attached hydrogen (secondary N) is 1. The number of hydrogen-bond acceptors (Lipinski definition) is 2. The Balaban J connectivity index is 1.39. The number of H-pyrrole nitrogens is 1. The van der Waals surface area contributed by atoms with Crippen molar-refractivity contribution in [1.29, 1.82) is 0 Å². The van der Waals surface area contributed by atoms with Gasteiger partial charge in [0.1, 0.15) is 11.4 Å². The molecule has 180 valence electrons. The first kappa shape index (κ1) is 20.8. The van der Waals surface area contributed by atoms with E-state index in [0.29, 0.717) is 5.69 Å². The van der Waals surface area contributed by atoms with Crippen molar-refractivity contribution in [1.82, 2.24) is 19.1 Å². The third-order valence-corrected chi connectivity index (χ3v) is 7.19. The van der Waals surface area contributed by atoms with Crippen LogP contribution in [0.2, 0.25) is 0 Å². The lowest BCUT2D eigenvalue weighted by atomic mass is 10.1. The van der Waals surface area contributed by atoms with Crippen LogP contribution in [0.15, 0.2) is 115 Å². The quantitative estimate of drug-likeness (QED) is 0.222. The zero-order valence-corrected chi connectivity index (χ0v) is 20.2. The molecule has 6 nitrogen and oxygen atoms in total. The second-order valence-corrected chi connectivity index (χ2v) is 9.35. The molecule has 0 amide bonds. The lowest BCUT2D eigenvalue weighted by Gasteiger charge is -2.07. The van der Waals surface area contributed by atoms with Crippen molar-refractivity contribution >= 4 is 43.9 Å². The van der Waals surface area contributed by atoms with Crippen molar-refractivity contribution in [2.75, 3.05) is 0 Å². The first-order chi connectivity index (χ1) is 18.8. The number of aromatic hydroxyl groups is 1. The Kier molecular flexibility index (Phi) is 4.28. The predicted molar refractivity (Wildman–Crippen MR) is 149 cm³/mol. The highest BCUT2D eigenvalue weighted by Crippen LogP contribution is 2.36. The number of benzene rings is 4. The molecule has 4 heterocycles. The van der Waals surface area contributed by atoms with Gasteiger partial charge in [-0.1, -0.05) is 84.9 Å². The number of hydrogen-bond donors (Lipinski definition) is 2. The minimum absolute atomic E-state index is 0.193. The Bertz CT molecular complexity index is 2160. The van der Waals surface area contributed by atoms with E-state index in [1.807, 2.05) is 69.8 Å². The number of para-hydroxylation sites is 6. The SMILES string of the molecule is Oc1ccccc1-n1[c-][n+](-c2cccc(-n3c4ccccc4c4c5ccccc5[nH]c43)n2)c2ccccc21. The highest BCUT2D eigenvalue weighted by molar-refractivity contribution is 6.21. The van der Waals surface area contributed by atoms with Crippen LogP contribution in [-0.2, 0) is 0 Å². The van der Waals surface area contributed by atoms with Gasteiger partial charge in [-0.15, -0.1) is 4.98 Å². The second-order valence-electron chi connectivity index (χ2n) is 9.35. The number of nitrogens with zero attached hydrogens (tertiary/aromatic N) is 4. The van der Waals surface area contributed by atoms with Crippen LogP contribution in [0.5, 0.6) is 5.75 Å². The van der Waals surface area contributed by atoms with Gasteiger partial charge in [-0.2, -0.15) is 0 Å². The molecule has 0 unspecified atom stereocenters. The lowest BCUT2D eigenvalue weighted by Crippen LogP contribution is -2.31. The van der Waals surface area contributed by atoms with Crippen LogP contribution in [0.3, 0.4) is 0 Å². The first-order valence-corrected chi connectivity index (χ1v) is 12.5. The zero-order valence-electron chi connectivity index (χ0n) is 20.2. The molecule has 0 spiro atoms. The highest BCUT2D eigenvalue weighted by atomic mass is 16.3. The molecule has 8 rings (SSSR count). The number of phenols is 1. The van der Waals surface area contributed by atoms with E-state index in [4.69, 9.17) is 4.98 Å². The van der Waals surface area contributed by atoms with Crippen molar-refractivity contribution in [3.63, 3.8) is 0 Å². The Morgan fingerprint density at radius 1 is 0.711 bits per heavy atom. The molecule has 38 heavy (non-hydrogen) atoms. The number of pyridine rings is 1. The molecule has 2 N–H and O–H groups in total. The van der Waals surface area contributed by atoms with Crippen LogP contribution in [0.1, 0.15) is 0 Å². The number of rotatable bonds is 3. The van der Waals surface area contributed by atoms with Gasteiger partial charge in [-0.05, 0) is 30.3 Å². The molecule has 0 atom stereocenters. The number of aromatic nitrogens is 5. The fourth-order valence-corrected chi connectivity index (χ4v) is 5.53. The first-order valence-electron chi connectivity index (χ1n) is 12.5. The van der Waals surface area contributed by atoms with E-state index in [2.05, 4.69) is 64.4 Å². The molecule has 8 aromatic rings. The summed E-state index contributed by atoms with van der Waals surface area (Å²) in [7, 11) is 0. The van der Waals surface area contributed by atoms with E-state index < -0.39 is 0 Å². The van der Waals surface area contributed by atoms with E-state index in [9.17, 15) is 5.11 Å². The van der Waals surface area contributed by atoms with E-state index in [0.717, 1.165) is 39.3 Å². The molecule has 0 aliphatic heterocycles. The molecule has 0 bridgehead atoms. The minimum atomic E-state index is 0.193. The van der Waals surface area contributed by atoms with Gasteiger partial charge in [0, 0.05) is 32.7 Å². The maximum Gasteiger partial charge on any atom is 0.206 e. The van der Waals surface area contributed by atoms with Crippen LogP contribution in [0.25, 0.3) is 61.2 Å². The Morgan fingerprint density at radius 2 is 1.45 bits per heavy atom. The minimum Gasteiger partial charge on any atom is -0.512 e. The number of aromatic amines is 1. The maximum absolute atomic E-state index is 10.6. The standard InChI is InChI=1S/C32H21N5O/c38-28-17-8-7-16-27(28)35-20-36(26-15-6-5-14-25(26)35)29-18-9-19-30(34-29)37-24-13-4-2-11-22(24)31-21-10-1-3-12-23(21)33-32(31)37/h1-19,33,38H. The zero-order chi connectivity index (χ0) is 25.2. The number of phenolic OH excluding ortho intramolecular Hbond substituents is 1. The Hall–Kier alpha value is -5.36. The molecule has 0 aliphatic rings. The molecule has 0 radical (unpaired) electrons. The van der Waals surface area contributed by atoms with E-state index in [1.54, 1.807) is 6.07 Å². The Labute approximate surface area is 217 Å². The third-order valence-electron chi connectivity index (χ3n) is 7.19. The molecule has 4 aromatic heterocycles. The molecular formula is C32H21N5O. The monoisotopic (exact) mass is 491 g/mol. The van der Waals surface area contributed by atoms with Gasteiger partial charge in [0.25, 0.3) is 0 Å². The largest absolute Gasteiger partial charge is 0.512 e. The fourth-order valence-electron chi connectivity index (χ4n) is 5.53. The summed E-state index contributed by atoms with van der Waals surface area (Å²) in [6.45, 7) is 0. The van der Waals surface area contributed by atoms with Crippen LogP contribution in [0.4, 0.5) is 0 Å². The molecule has 0 saturated heterocycles. The molecule has 0 fully saturated rings. The van der Waals surface area contributed by atoms with Gasteiger partial charge in [-0.3, -0.25) is 9.13 Å². The average molecular weight is 492 g/mol. The number of imidazole rings is 1. The topological polar surface area (TPSA) is 62.6 Å². The molecule has 4 aromatic carbocycles. The maximum atomic E-state index is 10.6. The average Bonchev–Trinajstić information content (AvgIpc) is 3.62. The number of fused-ring (bicyclic) bond motifs is 6. The van der Waals surface area contributed by atoms with Gasteiger partial charge in [0.05, 0.1) is 11.2 Å². The summed E-state index contributed by atoms with van der Waals surface area (Å²) in [4.78, 5) is 8.77. The second kappa shape index (κ2) is 7.82. The summed E-state index contributed by atoms with van der Waals surface area (Å²) in [5, 5.41) is 14.1. The summed E-state index contributed by atoms with van der Waals surface area (Å²) in [6, 6.07) is 38.2. The summed E-state index contributed by atoms with van der Waals surface area (Å²) in [5.74, 6) is 1.73. The molecule has 0 saturated carbocycles. The molecule has 6 heteroatoms. The summed E-state index contributed by atoms with van der Waals surface area (Å²) in [6.07, 6.45) is 3.43. The third kappa shape index (κ3) is 2.88.